The first-order chi connectivity index (χ1) is 12.7. The Hall–Kier alpha value is -2.62. The van der Waals surface area contributed by atoms with E-state index in [0.717, 1.165) is 17.0 Å². The number of rotatable bonds is 7. The number of nitrogens with zero attached hydrogens (tertiary/aromatic N) is 1. The first kappa shape index (κ1) is 20.7. The lowest BCUT2D eigenvalue weighted by Crippen LogP contribution is -2.33. The van der Waals surface area contributed by atoms with Gasteiger partial charge in [-0.3, -0.25) is 14.4 Å². The zero-order valence-corrected chi connectivity index (χ0v) is 14.5. The van der Waals surface area contributed by atoms with Gasteiger partial charge in [-0.2, -0.15) is 13.2 Å². The molecule has 0 saturated carbocycles. The van der Waals surface area contributed by atoms with Crippen LogP contribution in [-0.2, 0) is 30.0 Å². The Labute approximate surface area is 153 Å². The van der Waals surface area contributed by atoms with E-state index in [1.54, 1.807) is 0 Å². The van der Waals surface area contributed by atoms with Crippen LogP contribution in [0.4, 0.5) is 18.9 Å². The van der Waals surface area contributed by atoms with Gasteiger partial charge in [-0.25, -0.2) is 0 Å². The first-order valence-corrected chi connectivity index (χ1v) is 8.12. The van der Waals surface area contributed by atoms with Crippen LogP contribution in [0.15, 0.2) is 24.3 Å². The predicted molar refractivity (Wildman–Crippen MR) is 87.7 cm³/mol. The number of halogens is 3. The van der Waals surface area contributed by atoms with E-state index in [1.807, 2.05) is 0 Å². The first-order valence-electron chi connectivity index (χ1n) is 8.12. The fraction of sp³-hybridized carbons (Fsp3) is 0.471. The molecule has 2 amide bonds. The van der Waals surface area contributed by atoms with Crippen LogP contribution in [0, 0.1) is 5.92 Å². The number of carbonyl (C=O) groups excluding carboxylic acids is 3. The van der Waals surface area contributed by atoms with E-state index >= 15 is 0 Å². The highest BCUT2D eigenvalue weighted by Gasteiger charge is 2.37. The molecule has 148 valence electrons. The van der Waals surface area contributed by atoms with Crippen LogP contribution in [0.2, 0.25) is 0 Å². The number of benzene rings is 1. The normalized spacial score (nSPS) is 17.1. The molecule has 27 heavy (non-hydrogen) atoms. The minimum absolute atomic E-state index is 0.0578. The van der Waals surface area contributed by atoms with Crippen molar-refractivity contribution in [3.8, 4) is 0 Å². The lowest BCUT2D eigenvalue weighted by atomic mass is 10.1. The van der Waals surface area contributed by atoms with Crippen molar-refractivity contribution in [2.75, 3.05) is 38.3 Å². The maximum atomic E-state index is 12.8. The number of alkyl halides is 3. The van der Waals surface area contributed by atoms with Gasteiger partial charge in [0.05, 0.1) is 18.1 Å². The minimum Gasteiger partial charge on any atom is -0.455 e. The van der Waals surface area contributed by atoms with E-state index in [-0.39, 0.29) is 25.2 Å². The van der Waals surface area contributed by atoms with Crippen molar-refractivity contribution in [3.05, 3.63) is 29.8 Å². The molecule has 0 unspecified atom stereocenters. The standard InChI is InChI=1S/C17H19F3N2O5/c1-26-6-5-21-14(23)10-27-16(25)11-7-15(24)22(9-11)13-4-2-3-12(8-13)17(18,19)20/h2-4,8,11H,5-7,9-10H2,1H3,(H,21,23)/t11-/m0/s1. The molecular weight excluding hydrogens is 369 g/mol. The fourth-order valence-corrected chi connectivity index (χ4v) is 2.56. The van der Waals surface area contributed by atoms with E-state index in [2.05, 4.69) is 5.32 Å². The molecule has 0 radical (unpaired) electrons. The third-order valence-electron chi connectivity index (χ3n) is 3.92. The van der Waals surface area contributed by atoms with Gasteiger partial charge in [0.2, 0.25) is 5.91 Å². The molecule has 0 bridgehead atoms. The van der Waals surface area contributed by atoms with Crippen LogP contribution in [0.3, 0.4) is 0 Å². The van der Waals surface area contributed by atoms with Gasteiger partial charge in [0.25, 0.3) is 5.91 Å². The molecule has 1 fully saturated rings. The van der Waals surface area contributed by atoms with Gasteiger partial charge in [-0.1, -0.05) is 6.07 Å². The monoisotopic (exact) mass is 388 g/mol. The summed E-state index contributed by atoms with van der Waals surface area (Å²) < 4.78 is 48.1. The molecule has 0 aromatic heterocycles. The maximum absolute atomic E-state index is 12.8. The van der Waals surface area contributed by atoms with Crippen molar-refractivity contribution in [3.63, 3.8) is 0 Å². The molecule has 1 aliphatic heterocycles. The summed E-state index contributed by atoms with van der Waals surface area (Å²) in [7, 11) is 1.47. The highest BCUT2D eigenvalue weighted by Crippen LogP contribution is 2.33. The summed E-state index contributed by atoms with van der Waals surface area (Å²) in [6.45, 7) is -0.0397. The van der Waals surface area contributed by atoms with Crippen LogP contribution < -0.4 is 10.2 Å². The maximum Gasteiger partial charge on any atom is 0.416 e. The summed E-state index contributed by atoms with van der Waals surface area (Å²) in [6.07, 6.45) is -4.73. The lowest BCUT2D eigenvalue weighted by Gasteiger charge is -2.18. The number of nitrogens with one attached hydrogen (secondary N) is 1. The topological polar surface area (TPSA) is 84.9 Å². The number of anilines is 1. The third-order valence-corrected chi connectivity index (χ3v) is 3.92. The van der Waals surface area contributed by atoms with E-state index in [4.69, 9.17) is 9.47 Å². The molecule has 1 heterocycles. The molecule has 0 aliphatic carbocycles. The number of carbonyl (C=O) groups is 3. The Kier molecular flexibility index (Phi) is 6.78. The average molecular weight is 388 g/mol. The van der Waals surface area contributed by atoms with Crippen molar-refractivity contribution in [2.45, 2.75) is 12.6 Å². The van der Waals surface area contributed by atoms with Crippen LogP contribution in [-0.4, -0.2) is 51.2 Å². The quantitative estimate of drug-likeness (QED) is 0.563. The highest BCUT2D eigenvalue weighted by atomic mass is 19.4. The van der Waals surface area contributed by atoms with E-state index < -0.39 is 42.0 Å². The molecule has 7 nitrogen and oxygen atoms in total. The zero-order chi connectivity index (χ0) is 20.0. The number of hydrogen-bond donors (Lipinski definition) is 1. The van der Waals surface area contributed by atoms with Gasteiger partial charge < -0.3 is 19.7 Å². The average Bonchev–Trinajstić information content (AvgIpc) is 3.01. The summed E-state index contributed by atoms with van der Waals surface area (Å²) in [4.78, 5) is 36.8. The molecule has 1 aromatic rings. The van der Waals surface area contributed by atoms with Gasteiger partial charge in [-0.05, 0) is 18.2 Å². The fourth-order valence-electron chi connectivity index (χ4n) is 2.56. The molecule has 0 spiro atoms. The van der Waals surface area contributed by atoms with E-state index in [0.29, 0.717) is 6.61 Å². The summed E-state index contributed by atoms with van der Waals surface area (Å²) in [5, 5.41) is 2.47. The second-order valence-electron chi connectivity index (χ2n) is 5.90. The Morgan fingerprint density at radius 1 is 1.33 bits per heavy atom. The largest absolute Gasteiger partial charge is 0.455 e. The molecule has 1 atom stereocenters. The molecule has 2 rings (SSSR count). The van der Waals surface area contributed by atoms with Crippen molar-refractivity contribution in [1.29, 1.82) is 0 Å². The number of methoxy groups -OCH3 is 1. The Bertz CT molecular complexity index is 708. The van der Waals surface area contributed by atoms with Crippen LogP contribution in [0.5, 0.6) is 0 Å². The highest BCUT2D eigenvalue weighted by molar-refractivity contribution is 5.99. The van der Waals surface area contributed by atoms with Crippen molar-refractivity contribution >= 4 is 23.5 Å². The van der Waals surface area contributed by atoms with Crippen LogP contribution >= 0.6 is 0 Å². The predicted octanol–water partition coefficient (Wildman–Crippen LogP) is 1.36. The van der Waals surface area contributed by atoms with E-state index in [9.17, 15) is 27.6 Å². The number of esters is 1. The third kappa shape index (κ3) is 5.68. The number of hydrogen-bond acceptors (Lipinski definition) is 5. The van der Waals surface area contributed by atoms with Crippen LogP contribution in [0.25, 0.3) is 0 Å². The van der Waals surface area contributed by atoms with Gasteiger partial charge in [0.1, 0.15) is 0 Å². The van der Waals surface area contributed by atoms with E-state index in [1.165, 1.54) is 19.2 Å². The van der Waals surface area contributed by atoms with Gasteiger partial charge in [-0.15, -0.1) is 0 Å². The molecule has 10 heteroatoms. The molecule has 1 saturated heterocycles. The molecular formula is C17H19F3N2O5. The summed E-state index contributed by atoms with van der Waals surface area (Å²) >= 11 is 0. The van der Waals surface area contributed by atoms with Gasteiger partial charge in [0, 0.05) is 32.3 Å². The number of amides is 2. The molecule has 1 N–H and O–H groups in total. The van der Waals surface area contributed by atoms with Crippen molar-refractivity contribution in [2.24, 2.45) is 5.92 Å². The van der Waals surface area contributed by atoms with Crippen LogP contribution in [0.1, 0.15) is 12.0 Å². The Balaban J connectivity index is 1.93. The summed E-state index contributed by atoms with van der Waals surface area (Å²) in [5.41, 5.74) is -0.825. The molecule has 1 aromatic carbocycles. The Morgan fingerprint density at radius 3 is 2.74 bits per heavy atom. The second-order valence-corrected chi connectivity index (χ2v) is 5.90. The second kappa shape index (κ2) is 8.85. The lowest BCUT2D eigenvalue weighted by molar-refractivity contribution is -0.152. The Morgan fingerprint density at radius 2 is 2.07 bits per heavy atom. The van der Waals surface area contributed by atoms with Gasteiger partial charge in [0.15, 0.2) is 6.61 Å². The summed E-state index contributed by atoms with van der Waals surface area (Å²) in [5.74, 6) is -2.60. The van der Waals surface area contributed by atoms with Crippen molar-refractivity contribution < 1.29 is 37.0 Å². The van der Waals surface area contributed by atoms with Gasteiger partial charge >= 0.3 is 12.1 Å². The van der Waals surface area contributed by atoms with Crippen molar-refractivity contribution in [1.82, 2.24) is 5.32 Å². The summed E-state index contributed by atoms with van der Waals surface area (Å²) in [6, 6.07) is 4.32. The smallest absolute Gasteiger partial charge is 0.416 e. The molecule has 1 aliphatic rings. The minimum atomic E-state index is -4.53. The number of ether oxygens (including phenoxy) is 2. The SMILES string of the molecule is COCCNC(=O)COC(=O)[C@H]1CC(=O)N(c2cccc(C(F)(F)F)c2)C1. The zero-order valence-electron chi connectivity index (χ0n) is 14.5.